The molecular weight excluding hydrogens is 498 g/mol. The lowest BCUT2D eigenvalue weighted by atomic mass is 9.72. The number of nitrogens with two attached hydrogens (primary N) is 1. The summed E-state index contributed by atoms with van der Waals surface area (Å²) in [6.07, 6.45) is 0.727. The standard InChI is InChI=1S/C31H28F2N4O2/c32-25-12-8-22(9-13-25)21-4-6-23(7-5-21)29(38)37-18-16-31(17-19-37,24-10-14-26(33)15-11-24)30(39)36-35-28-3-1-2-27(34)20-28/h1-15,20,35H,16-19,34H2,(H,36,39). The van der Waals surface area contributed by atoms with Gasteiger partial charge in [-0.05, 0) is 84.1 Å². The molecule has 1 aliphatic heterocycles. The third-order valence-corrected chi connectivity index (χ3v) is 7.25. The lowest BCUT2D eigenvalue weighted by Gasteiger charge is -2.41. The van der Waals surface area contributed by atoms with Gasteiger partial charge in [-0.25, -0.2) is 8.78 Å². The maximum absolute atomic E-state index is 13.7. The molecule has 0 saturated carbocycles. The minimum atomic E-state index is -0.954. The van der Waals surface area contributed by atoms with E-state index in [0.717, 1.165) is 11.1 Å². The Hall–Kier alpha value is -4.72. The Morgan fingerprint density at radius 1 is 0.769 bits per heavy atom. The zero-order chi connectivity index (χ0) is 27.4. The van der Waals surface area contributed by atoms with Crippen LogP contribution in [-0.2, 0) is 10.2 Å². The van der Waals surface area contributed by atoms with E-state index in [1.807, 2.05) is 12.1 Å². The van der Waals surface area contributed by atoms with Crippen molar-refractivity contribution in [3.8, 4) is 11.1 Å². The van der Waals surface area contributed by atoms with Crippen molar-refractivity contribution in [2.75, 3.05) is 24.2 Å². The molecule has 1 aliphatic rings. The number of nitrogens with one attached hydrogen (secondary N) is 2. The maximum atomic E-state index is 13.7. The minimum Gasteiger partial charge on any atom is -0.399 e. The van der Waals surface area contributed by atoms with Crippen LogP contribution < -0.4 is 16.6 Å². The molecule has 5 rings (SSSR count). The average molecular weight is 527 g/mol. The van der Waals surface area contributed by atoms with E-state index in [2.05, 4.69) is 10.9 Å². The Kier molecular flexibility index (Phi) is 7.27. The summed E-state index contributed by atoms with van der Waals surface area (Å²) in [7, 11) is 0. The second-order valence-electron chi connectivity index (χ2n) is 9.67. The second-order valence-corrected chi connectivity index (χ2v) is 9.67. The zero-order valence-corrected chi connectivity index (χ0v) is 21.2. The van der Waals surface area contributed by atoms with Crippen LogP contribution >= 0.6 is 0 Å². The SMILES string of the molecule is Nc1cccc(NNC(=O)C2(c3ccc(F)cc3)CCN(C(=O)c3ccc(-c4ccc(F)cc4)cc3)CC2)c1. The number of amides is 2. The molecule has 0 unspecified atom stereocenters. The molecule has 39 heavy (non-hydrogen) atoms. The topological polar surface area (TPSA) is 87.5 Å². The molecule has 0 aliphatic carbocycles. The van der Waals surface area contributed by atoms with Crippen LogP contribution in [0.3, 0.4) is 0 Å². The van der Waals surface area contributed by atoms with E-state index in [0.29, 0.717) is 48.4 Å². The van der Waals surface area contributed by atoms with Gasteiger partial charge in [0.1, 0.15) is 11.6 Å². The van der Waals surface area contributed by atoms with E-state index in [1.54, 1.807) is 65.6 Å². The number of likely N-dealkylation sites (tertiary alicyclic amines) is 1. The van der Waals surface area contributed by atoms with Crippen LogP contribution in [-0.4, -0.2) is 29.8 Å². The Morgan fingerprint density at radius 2 is 1.33 bits per heavy atom. The van der Waals surface area contributed by atoms with E-state index in [-0.39, 0.29) is 23.4 Å². The highest BCUT2D eigenvalue weighted by molar-refractivity contribution is 5.95. The summed E-state index contributed by atoms with van der Waals surface area (Å²) < 4.78 is 26.9. The highest BCUT2D eigenvalue weighted by Crippen LogP contribution is 2.37. The number of carbonyl (C=O) groups excluding carboxylic acids is 2. The van der Waals surface area contributed by atoms with Gasteiger partial charge in [0.25, 0.3) is 5.91 Å². The van der Waals surface area contributed by atoms with Gasteiger partial charge >= 0.3 is 0 Å². The fourth-order valence-electron chi connectivity index (χ4n) is 5.00. The molecule has 2 amide bonds. The van der Waals surface area contributed by atoms with E-state index < -0.39 is 5.41 Å². The van der Waals surface area contributed by atoms with E-state index in [1.165, 1.54) is 24.3 Å². The van der Waals surface area contributed by atoms with Crippen molar-refractivity contribution in [2.24, 2.45) is 0 Å². The number of benzene rings is 4. The number of nitrogen functional groups attached to an aromatic ring is 1. The van der Waals surface area contributed by atoms with Gasteiger partial charge in [-0.15, -0.1) is 0 Å². The third-order valence-electron chi connectivity index (χ3n) is 7.25. The van der Waals surface area contributed by atoms with Gasteiger partial charge in [0.2, 0.25) is 5.91 Å². The van der Waals surface area contributed by atoms with Gasteiger partial charge in [0, 0.05) is 24.3 Å². The quantitative estimate of drug-likeness (QED) is 0.228. The van der Waals surface area contributed by atoms with Crippen molar-refractivity contribution < 1.29 is 18.4 Å². The number of anilines is 2. The molecule has 1 heterocycles. The molecule has 198 valence electrons. The molecule has 4 aromatic carbocycles. The predicted molar refractivity (Wildman–Crippen MR) is 148 cm³/mol. The first-order chi connectivity index (χ1) is 18.8. The smallest absolute Gasteiger partial charge is 0.253 e. The van der Waals surface area contributed by atoms with Gasteiger partial charge in [-0.3, -0.25) is 20.4 Å². The number of hydrogen-bond acceptors (Lipinski definition) is 4. The number of piperidine rings is 1. The molecule has 0 spiro atoms. The monoisotopic (exact) mass is 526 g/mol. The van der Waals surface area contributed by atoms with Crippen molar-refractivity contribution >= 4 is 23.2 Å². The number of hydrogen-bond donors (Lipinski definition) is 3. The first-order valence-electron chi connectivity index (χ1n) is 12.7. The Labute approximate surface area is 225 Å². The summed E-state index contributed by atoms with van der Waals surface area (Å²) in [6, 6.07) is 26.3. The van der Waals surface area contributed by atoms with Crippen LogP contribution in [0.5, 0.6) is 0 Å². The highest BCUT2D eigenvalue weighted by atomic mass is 19.1. The molecule has 6 nitrogen and oxygen atoms in total. The molecule has 4 N–H and O–H groups in total. The zero-order valence-electron chi connectivity index (χ0n) is 21.2. The summed E-state index contributed by atoms with van der Waals surface area (Å²) in [5, 5.41) is 0. The van der Waals surface area contributed by atoms with Crippen LogP contribution in [0.1, 0.15) is 28.8 Å². The fourth-order valence-corrected chi connectivity index (χ4v) is 5.00. The molecule has 1 saturated heterocycles. The second kappa shape index (κ2) is 10.9. The van der Waals surface area contributed by atoms with Crippen LogP contribution in [0.4, 0.5) is 20.2 Å². The number of carbonyl (C=O) groups is 2. The molecule has 0 aromatic heterocycles. The molecule has 0 bridgehead atoms. The Morgan fingerprint density at radius 3 is 1.92 bits per heavy atom. The number of hydrazine groups is 1. The van der Waals surface area contributed by atoms with Crippen LogP contribution in [0, 0.1) is 11.6 Å². The van der Waals surface area contributed by atoms with Crippen molar-refractivity contribution in [1.82, 2.24) is 10.3 Å². The number of nitrogens with zero attached hydrogens (tertiary/aromatic N) is 1. The summed E-state index contributed by atoms with van der Waals surface area (Å²) in [5.74, 6) is -1.09. The van der Waals surface area contributed by atoms with Crippen molar-refractivity contribution in [3.63, 3.8) is 0 Å². The van der Waals surface area contributed by atoms with E-state index >= 15 is 0 Å². The summed E-state index contributed by atoms with van der Waals surface area (Å²) in [5.41, 5.74) is 14.7. The lowest BCUT2D eigenvalue weighted by molar-refractivity contribution is -0.128. The van der Waals surface area contributed by atoms with Crippen LogP contribution in [0.2, 0.25) is 0 Å². The summed E-state index contributed by atoms with van der Waals surface area (Å²) in [6.45, 7) is 0.698. The summed E-state index contributed by atoms with van der Waals surface area (Å²) in [4.78, 5) is 28.6. The number of rotatable bonds is 6. The maximum Gasteiger partial charge on any atom is 0.253 e. The molecule has 8 heteroatoms. The van der Waals surface area contributed by atoms with E-state index in [9.17, 15) is 18.4 Å². The highest BCUT2D eigenvalue weighted by Gasteiger charge is 2.44. The van der Waals surface area contributed by atoms with E-state index in [4.69, 9.17) is 5.73 Å². The van der Waals surface area contributed by atoms with Crippen LogP contribution in [0.25, 0.3) is 11.1 Å². The van der Waals surface area contributed by atoms with Crippen molar-refractivity contribution in [2.45, 2.75) is 18.3 Å². The third kappa shape index (κ3) is 5.60. The van der Waals surface area contributed by atoms with Gasteiger partial charge in [0.15, 0.2) is 0 Å². The first-order valence-corrected chi connectivity index (χ1v) is 12.7. The summed E-state index contributed by atoms with van der Waals surface area (Å²) >= 11 is 0. The Balaban J connectivity index is 1.31. The van der Waals surface area contributed by atoms with Crippen molar-refractivity contribution in [3.05, 3.63) is 120 Å². The van der Waals surface area contributed by atoms with Crippen molar-refractivity contribution in [1.29, 1.82) is 0 Å². The van der Waals surface area contributed by atoms with Gasteiger partial charge in [-0.1, -0.05) is 42.5 Å². The van der Waals surface area contributed by atoms with Gasteiger partial charge < -0.3 is 10.6 Å². The predicted octanol–water partition coefficient (Wildman–Crippen LogP) is 5.53. The van der Waals surface area contributed by atoms with Crippen LogP contribution in [0.15, 0.2) is 97.1 Å². The molecular formula is C31H28F2N4O2. The van der Waals surface area contributed by atoms with Gasteiger partial charge in [0.05, 0.1) is 11.1 Å². The number of halogens is 2. The first kappa shape index (κ1) is 25.9. The van der Waals surface area contributed by atoms with Gasteiger partial charge in [-0.2, -0.15) is 0 Å². The average Bonchev–Trinajstić information content (AvgIpc) is 2.96. The Bertz CT molecular complexity index is 1460. The molecule has 4 aromatic rings. The molecule has 1 fully saturated rings. The molecule has 0 radical (unpaired) electrons. The lowest BCUT2D eigenvalue weighted by Crippen LogP contribution is -2.53. The largest absolute Gasteiger partial charge is 0.399 e. The fraction of sp³-hybridized carbons (Fsp3) is 0.161. The molecule has 0 atom stereocenters. The normalized spacial score (nSPS) is 14.5. The minimum absolute atomic E-state index is 0.133.